The van der Waals surface area contributed by atoms with Gasteiger partial charge in [0.2, 0.25) is 0 Å². The van der Waals surface area contributed by atoms with Crippen molar-refractivity contribution in [3.05, 3.63) is 33.4 Å². The van der Waals surface area contributed by atoms with E-state index in [9.17, 15) is 0 Å². The van der Waals surface area contributed by atoms with Crippen LogP contribution in [0.4, 0.5) is 0 Å². The molecule has 1 aromatic carbocycles. The highest BCUT2D eigenvalue weighted by Gasteiger charge is 2.23. The van der Waals surface area contributed by atoms with Crippen LogP contribution in [-0.2, 0) is 13.1 Å². The van der Waals surface area contributed by atoms with Crippen LogP contribution >= 0.6 is 0 Å². The molecule has 2 aliphatic rings. The predicted octanol–water partition coefficient (Wildman–Crippen LogP) is 2.33. The van der Waals surface area contributed by atoms with E-state index in [2.05, 4.69) is 61.4 Å². The normalized spacial score (nSPS) is 21.2. The maximum Gasteiger partial charge on any atom is 0.0507 e. The topological polar surface area (TPSA) is 13.0 Å². The minimum atomic E-state index is 1.09. The van der Waals surface area contributed by atoms with Gasteiger partial charge in [0.05, 0.1) is 13.3 Å². The third-order valence-electron chi connectivity index (χ3n) is 6.18. The zero-order chi connectivity index (χ0) is 17.4. The third-order valence-corrected chi connectivity index (χ3v) is 6.18. The maximum atomic E-state index is 2.57. The first-order valence-corrected chi connectivity index (χ1v) is 9.26. The molecule has 0 N–H and O–H groups in total. The summed E-state index contributed by atoms with van der Waals surface area (Å²) in [5.74, 6) is 0. The standard InChI is InChI=1S/C20H34N4/c1-15-16(2)20(12-24-10-8-22(6)14-24)18(4)17(3)19(15)11-23-9-7-21(5)13-23/h7-14H2,1-6H3. The van der Waals surface area contributed by atoms with Crippen LogP contribution in [0.2, 0.25) is 0 Å². The van der Waals surface area contributed by atoms with E-state index in [-0.39, 0.29) is 0 Å². The summed E-state index contributed by atoms with van der Waals surface area (Å²) in [6, 6.07) is 0. The average molecular weight is 331 g/mol. The van der Waals surface area contributed by atoms with Gasteiger partial charge in [0.1, 0.15) is 0 Å². The van der Waals surface area contributed by atoms with Gasteiger partial charge in [-0.3, -0.25) is 19.6 Å². The van der Waals surface area contributed by atoms with E-state index in [1.54, 1.807) is 11.1 Å². The van der Waals surface area contributed by atoms with Crippen molar-refractivity contribution in [2.45, 2.75) is 40.8 Å². The van der Waals surface area contributed by atoms with Gasteiger partial charge in [-0.05, 0) is 75.2 Å². The molecule has 0 atom stereocenters. The molecule has 3 rings (SSSR count). The van der Waals surface area contributed by atoms with E-state index >= 15 is 0 Å². The van der Waals surface area contributed by atoms with Gasteiger partial charge in [-0.2, -0.15) is 0 Å². The van der Waals surface area contributed by atoms with Crippen LogP contribution in [0.25, 0.3) is 0 Å². The van der Waals surface area contributed by atoms with Gasteiger partial charge >= 0.3 is 0 Å². The van der Waals surface area contributed by atoms with Gasteiger partial charge in [0.15, 0.2) is 0 Å². The molecule has 2 heterocycles. The summed E-state index contributed by atoms with van der Waals surface area (Å²) in [4.78, 5) is 9.96. The van der Waals surface area contributed by atoms with Crippen molar-refractivity contribution in [1.82, 2.24) is 19.6 Å². The SMILES string of the molecule is Cc1c(C)c(CN2CCN(C)C2)c(C)c(C)c1CN1CCN(C)C1. The fourth-order valence-corrected chi connectivity index (χ4v) is 4.24. The number of nitrogens with zero attached hydrogens (tertiary/aromatic N) is 4. The first kappa shape index (κ1) is 17.9. The van der Waals surface area contributed by atoms with Crippen LogP contribution in [0.5, 0.6) is 0 Å². The van der Waals surface area contributed by atoms with E-state index in [0.29, 0.717) is 0 Å². The zero-order valence-corrected chi connectivity index (χ0v) is 16.4. The van der Waals surface area contributed by atoms with Crippen molar-refractivity contribution >= 4 is 0 Å². The lowest BCUT2D eigenvalue weighted by atomic mass is 9.88. The smallest absolute Gasteiger partial charge is 0.0507 e. The van der Waals surface area contributed by atoms with Gasteiger partial charge in [-0.25, -0.2) is 0 Å². The van der Waals surface area contributed by atoms with Crippen molar-refractivity contribution in [3.63, 3.8) is 0 Å². The largest absolute Gasteiger partial charge is 0.292 e. The highest BCUT2D eigenvalue weighted by Crippen LogP contribution is 2.29. The molecule has 0 aliphatic carbocycles. The van der Waals surface area contributed by atoms with Crippen molar-refractivity contribution in [2.24, 2.45) is 0 Å². The molecule has 1 aromatic rings. The Morgan fingerprint density at radius 1 is 0.583 bits per heavy atom. The molecule has 0 spiro atoms. The second-order valence-corrected chi connectivity index (χ2v) is 8.00. The Morgan fingerprint density at radius 2 is 0.917 bits per heavy atom. The van der Waals surface area contributed by atoms with Crippen LogP contribution < -0.4 is 0 Å². The molecule has 2 aliphatic heterocycles. The lowest BCUT2D eigenvalue weighted by Crippen LogP contribution is -2.26. The molecule has 4 heteroatoms. The fraction of sp³-hybridized carbons (Fsp3) is 0.700. The summed E-state index contributed by atoms with van der Waals surface area (Å²) in [5.41, 5.74) is 9.15. The number of hydrogen-bond donors (Lipinski definition) is 0. The van der Waals surface area contributed by atoms with Crippen LogP contribution in [0.3, 0.4) is 0 Å². The summed E-state index contributed by atoms with van der Waals surface area (Å²) in [6.45, 7) is 18.5. The van der Waals surface area contributed by atoms with Gasteiger partial charge in [-0.15, -0.1) is 0 Å². The minimum absolute atomic E-state index is 1.09. The number of likely N-dealkylation sites (N-methyl/N-ethyl adjacent to an activating group) is 2. The molecule has 0 saturated carbocycles. The van der Waals surface area contributed by atoms with Crippen molar-refractivity contribution in [1.29, 1.82) is 0 Å². The first-order valence-electron chi connectivity index (χ1n) is 9.26. The van der Waals surface area contributed by atoms with Gasteiger partial charge in [-0.1, -0.05) is 0 Å². The Kier molecular flexibility index (Phi) is 5.30. The summed E-state index contributed by atoms with van der Waals surface area (Å²) < 4.78 is 0. The fourth-order valence-electron chi connectivity index (χ4n) is 4.24. The molecule has 0 bridgehead atoms. The quantitative estimate of drug-likeness (QED) is 0.840. The number of benzene rings is 1. The van der Waals surface area contributed by atoms with E-state index in [1.165, 1.54) is 48.4 Å². The molecule has 134 valence electrons. The van der Waals surface area contributed by atoms with Gasteiger partial charge in [0, 0.05) is 39.3 Å². The summed E-state index contributed by atoms with van der Waals surface area (Å²) in [5, 5.41) is 0. The zero-order valence-electron chi connectivity index (χ0n) is 16.4. The minimum Gasteiger partial charge on any atom is -0.292 e. The van der Waals surface area contributed by atoms with Crippen LogP contribution in [0, 0.1) is 27.7 Å². The van der Waals surface area contributed by atoms with E-state index < -0.39 is 0 Å². The Hall–Kier alpha value is -0.940. The first-order chi connectivity index (χ1) is 11.4. The maximum absolute atomic E-state index is 2.57. The Morgan fingerprint density at radius 3 is 1.17 bits per heavy atom. The number of hydrogen-bond acceptors (Lipinski definition) is 4. The Balaban J connectivity index is 1.84. The molecule has 24 heavy (non-hydrogen) atoms. The van der Waals surface area contributed by atoms with Crippen LogP contribution in [0.15, 0.2) is 0 Å². The van der Waals surface area contributed by atoms with E-state index in [4.69, 9.17) is 0 Å². The van der Waals surface area contributed by atoms with Crippen molar-refractivity contribution in [2.75, 3.05) is 53.6 Å². The summed E-state index contributed by atoms with van der Waals surface area (Å²) in [6.07, 6.45) is 0. The van der Waals surface area contributed by atoms with Crippen molar-refractivity contribution in [3.8, 4) is 0 Å². The summed E-state index contributed by atoms with van der Waals surface area (Å²) >= 11 is 0. The second-order valence-electron chi connectivity index (χ2n) is 8.00. The number of rotatable bonds is 4. The van der Waals surface area contributed by atoms with Crippen molar-refractivity contribution < 1.29 is 0 Å². The molecule has 0 amide bonds. The Bertz CT molecular complexity index is 528. The molecule has 0 radical (unpaired) electrons. The second kappa shape index (κ2) is 7.12. The highest BCUT2D eigenvalue weighted by molar-refractivity contribution is 5.50. The van der Waals surface area contributed by atoms with Crippen LogP contribution in [0.1, 0.15) is 33.4 Å². The molecule has 0 unspecified atom stereocenters. The van der Waals surface area contributed by atoms with Gasteiger partial charge < -0.3 is 0 Å². The van der Waals surface area contributed by atoms with E-state index in [1.807, 2.05) is 0 Å². The molecule has 0 aromatic heterocycles. The Labute approximate surface area is 148 Å². The van der Waals surface area contributed by atoms with Gasteiger partial charge in [0.25, 0.3) is 0 Å². The highest BCUT2D eigenvalue weighted by atomic mass is 15.4. The van der Waals surface area contributed by atoms with Crippen LogP contribution in [-0.4, -0.2) is 73.2 Å². The van der Waals surface area contributed by atoms with E-state index in [0.717, 1.165) is 26.4 Å². The molecular weight excluding hydrogens is 296 g/mol. The molecule has 2 saturated heterocycles. The molecular formula is C20H34N4. The lowest BCUT2D eigenvalue weighted by molar-refractivity contribution is 0.265. The summed E-state index contributed by atoms with van der Waals surface area (Å²) in [7, 11) is 4.43. The third kappa shape index (κ3) is 3.52. The lowest BCUT2D eigenvalue weighted by Gasteiger charge is -2.26. The molecule has 4 nitrogen and oxygen atoms in total. The predicted molar refractivity (Wildman–Crippen MR) is 101 cm³/mol. The monoisotopic (exact) mass is 330 g/mol. The average Bonchev–Trinajstić information content (AvgIpc) is 3.14. The molecule has 2 fully saturated rings.